The molecule has 0 aliphatic heterocycles. The smallest absolute Gasteiger partial charge is 0.444 e. The molecule has 0 radical (unpaired) electrons. The molecule has 0 atom stereocenters. The van der Waals surface area contributed by atoms with Gasteiger partial charge in [0.1, 0.15) is 0 Å². The van der Waals surface area contributed by atoms with Gasteiger partial charge in [-0.2, -0.15) is 16.8 Å². The summed E-state index contributed by atoms with van der Waals surface area (Å²) in [6, 6.07) is 0. The quantitative estimate of drug-likeness (QED) is 0.187. The van der Waals surface area contributed by atoms with Crippen molar-refractivity contribution in [3.05, 3.63) is 20.2 Å². The molecule has 0 amide bonds. The summed E-state index contributed by atoms with van der Waals surface area (Å²) >= 11 is 0. The molecule has 4 N–H and O–H groups in total. The Morgan fingerprint density at radius 3 is 0.706 bits per heavy atom. The van der Waals surface area contributed by atoms with E-state index in [1.807, 2.05) is 0 Å². The molecule has 0 aliphatic rings. The zero-order valence-electron chi connectivity index (χ0n) is 7.08. The molecule has 0 heterocycles. The van der Waals surface area contributed by atoms with Crippen LogP contribution in [0, 0.1) is 20.2 Å². The molecule has 0 aliphatic carbocycles. The second-order valence-corrected chi connectivity index (χ2v) is 2.84. The van der Waals surface area contributed by atoms with Gasteiger partial charge < -0.3 is 20.2 Å². The van der Waals surface area contributed by atoms with Crippen LogP contribution in [0.3, 0.4) is 0 Å². The molecule has 0 spiro atoms. The Morgan fingerprint density at radius 2 is 0.706 bits per heavy atom. The molecule has 0 fully saturated rings. The maximum Gasteiger partial charge on any atom is 4.00 e. The fraction of sp³-hybridized carbons (Fsp3) is 0. The van der Waals surface area contributed by atoms with Crippen molar-refractivity contribution in [3.8, 4) is 0 Å². The van der Waals surface area contributed by atoms with Gasteiger partial charge in [0.25, 0.3) is 0 Å². The van der Waals surface area contributed by atoms with Gasteiger partial charge in [0, 0.05) is 0 Å². The van der Waals surface area contributed by atoms with Crippen LogP contribution in [0.5, 0.6) is 0 Å². The Morgan fingerprint density at radius 1 is 0.706 bits per heavy atom. The van der Waals surface area contributed by atoms with Crippen LogP contribution in [0.15, 0.2) is 10.7 Å². The predicted octanol–water partition coefficient (Wildman–Crippen LogP) is -0.807. The third-order valence-corrected chi connectivity index (χ3v) is 0. The van der Waals surface area contributed by atoms with E-state index in [0.717, 1.165) is 10.7 Å². The second-order valence-electron chi connectivity index (χ2n) is 1.04. The number of hydrogen-bond donors (Lipinski definition) is 4. The first-order valence-electron chi connectivity index (χ1n) is 2.13. The van der Waals surface area contributed by atoms with Gasteiger partial charge in [-0.3, -0.25) is 18.2 Å². The predicted molar refractivity (Wildman–Crippen MR) is 46.7 cm³/mol. The van der Waals surface area contributed by atoms with Crippen molar-refractivity contribution in [3.63, 3.8) is 0 Å². The van der Waals surface area contributed by atoms with Crippen molar-refractivity contribution < 1.29 is 56.1 Å². The Hall–Kier alpha value is -0.772. The van der Waals surface area contributed by atoms with Crippen molar-refractivity contribution in [1.29, 1.82) is 0 Å². The summed E-state index contributed by atoms with van der Waals surface area (Å²) < 4.78 is 63.2. The molecule has 0 aromatic carbocycles. The number of nitrogens with zero attached hydrogens (tertiary/aromatic N) is 2. The van der Waals surface area contributed by atoms with Crippen LogP contribution >= 0.6 is 0 Å². The minimum absolute atomic E-state index is 0. The zero-order chi connectivity index (χ0) is 14.4. The molecule has 17 heteroatoms. The monoisotopic (exact) mass is 483 g/mol. The van der Waals surface area contributed by atoms with Crippen molar-refractivity contribution in [2.45, 2.75) is 0 Å². The molecular formula is H4N2O12PtS2+2. The summed E-state index contributed by atoms with van der Waals surface area (Å²) in [5.41, 5.74) is 0. The third kappa shape index (κ3) is 4470. The number of rotatable bonds is 0. The van der Waals surface area contributed by atoms with E-state index in [1.54, 1.807) is 0 Å². The van der Waals surface area contributed by atoms with Crippen molar-refractivity contribution in [1.82, 2.24) is 0 Å². The maximum absolute atomic E-state index is 8.74. The Bertz CT molecular complexity index is 287. The molecule has 0 unspecified atom stereocenters. The van der Waals surface area contributed by atoms with Gasteiger partial charge in [0.2, 0.25) is 0 Å². The van der Waals surface area contributed by atoms with Crippen LogP contribution in [0.1, 0.15) is 0 Å². The van der Waals surface area contributed by atoms with E-state index in [2.05, 4.69) is 0 Å². The van der Waals surface area contributed by atoms with Gasteiger partial charge in [-0.1, -0.05) is 0 Å². The van der Waals surface area contributed by atoms with Crippen LogP contribution in [0.2, 0.25) is 0 Å². The van der Waals surface area contributed by atoms with Crippen molar-refractivity contribution >= 4 is 20.8 Å². The normalized spacial score (nSPS) is 8.24. The van der Waals surface area contributed by atoms with Crippen LogP contribution in [0.4, 0.5) is 0 Å². The molecule has 0 rings (SSSR count). The Balaban J connectivity index is -0.0000000381. The standard InChI is InChI=1S/2HNO2.2H2O4S.Pt/c2*2-1-3;2*1-5(2,3)4;/h2*(H,2,3);2*(H2,1,2,3,4);/q;;;;+4/p-2. The first-order chi connectivity index (χ1) is 6.83. The maximum atomic E-state index is 8.74. The topological polar surface area (TPSA) is 254 Å². The van der Waals surface area contributed by atoms with Crippen LogP contribution in [-0.4, -0.2) is 35.0 Å². The van der Waals surface area contributed by atoms with E-state index in [1.165, 1.54) is 0 Å². The first-order valence-corrected chi connectivity index (χ1v) is 4.92. The minimum Gasteiger partial charge on any atom is -0.444 e. The van der Waals surface area contributed by atoms with Crippen LogP contribution in [0.25, 0.3) is 0 Å². The summed E-state index contributed by atoms with van der Waals surface area (Å²) in [7, 11) is -9.33. The molecular weight excluding hydrogens is 479 g/mol. The summed E-state index contributed by atoms with van der Waals surface area (Å²) in [4.78, 5) is 16.0. The van der Waals surface area contributed by atoms with E-state index >= 15 is 0 Å². The Kier molecular flexibility index (Phi) is 30.9. The molecule has 0 saturated carbocycles. The fourth-order valence-corrected chi connectivity index (χ4v) is 0. The van der Waals surface area contributed by atoms with Gasteiger partial charge in [-0.15, -0.1) is 10.7 Å². The molecule has 17 heavy (non-hydrogen) atoms. The zero-order valence-corrected chi connectivity index (χ0v) is 11.0. The van der Waals surface area contributed by atoms with E-state index in [4.69, 9.17) is 55.3 Å². The van der Waals surface area contributed by atoms with Crippen LogP contribution in [-0.2, 0) is 41.9 Å². The van der Waals surface area contributed by atoms with E-state index in [0.29, 0.717) is 0 Å². The van der Waals surface area contributed by atoms with Crippen LogP contribution < -0.4 is 0 Å². The average molecular weight is 483 g/mol. The molecule has 0 aromatic heterocycles. The van der Waals surface area contributed by atoms with Gasteiger partial charge >= 0.3 is 41.9 Å². The largest absolute Gasteiger partial charge is 4.00 e. The molecule has 0 bridgehead atoms. The fourth-order valence-electron chi connectivity index (χ4n) is 0. The molecule has 0 saturated heterocycles. The summed E-state index contributed by atoms with van der Waals surface area (Å²) in [5.74, 6) is 0. The average Bonchev–Trinajstić information content (AvgIpc) is 1.79. The van der Waals surface area contributed by atoms with Crippen molar-refractivity contribution in [2.24, 2.45) is 10.7 Å². The Labute approximate surface area is 108 Å². The van der Waals surface area contributed by atoms with E-state index < -0.39 is 20.8 Å². The van der Waals surface area contributed by atoms with Gasteiger partial charge in [-0.05, 0) is 0 Å². The third-order valence-electron chi connectivity index (χ3n) is 0. The number of hydrogen-bond acceptors (Lipinski definition) is 10. The van der Waals surface area contributed by atoms with Gasteiger partial charge in [-0.25, -0.2) is 0 Å². The minimum atomic E-state index is -4.67. The second kappa shape index (κ2) is 17.6. The van der Waals surface area contributed by atoms with Crippen molar-refractivity contribution in [2.75, 3.05) is 0 Å². The summed E-state index contributed by atoms with van der Waals surface area (Å²) in [6.07, 6.45) is 0. The van der Waals surface area contributed by atoms with E-state index in [-0.39, 0.29) is 21.1 Å². The first kappa shape index (κ1) is 29.9. The molecule has 14 nitrogen and oxygen atoms in total. The van der Waals surface area contributed by atoms with E-state index in [9.17, 15) is 0 Å². The van der Waals surface area contributed by atoms with Gasteiger partial charge in [0.15, 0.2) is 0 Å². The summed E-state index contributed by atoms with van der Waals surface area (Å²) in [6.45, 7) is 0. The molecule has 106 valence electrons. The summed E-state index contributed by atoms with van der Waals surface area (Å²) in [5, 5.41) is 18.0. The molecule has 0 aromatic rings. The SMILES string of the molecule is O=N[O-].O=N[O-].O=S(=O)(O)O.O=S(=O)(O)O.[Pt+4]. The van der Waals surface area contributed by atoms with Gasteiger partial charge in [0.05, 0.1) is 0 Å².